The summed E-state index contributed by atoms with van der Waals surface area (Å²) in [5.41, 5.74) is 1.36. The first-order chi connectivity index (χ1) is 13.8. The fourth-order valence-corrected chi connectivity index (χ4v) is 4.32. The smallest absolute Gasteiger partial charge is 0.337 e. The second-order valence-electron chi connectivity index (χ2n) is 6.16. The molecule has 0 aliphatic carbocycles. The Balaban J connectivity index is 2.39. The van der Waals surface area contributed by atoms with Crippen LogP contribution in [0.1, 0.15) is 22.8 Å². The van der Waals surface area contributed by atoms with Crippen LogP contribution in [0.4, 0.5) is 10.1 Å². The van der Waals surface area contributed by atoms with E-state index in [2.05, 4.69) is 4.74 Å². The molecular formula is C20H25FN2O5S. The van der Waals surface area contributed by atoms with E-state index in [9.17, 15) is 17.6 Å². The summed E-state index contributed by atoms with van der Waals surface area (Å²) in [7, 11) is -1.12. The van der Waals surface area contributed by atoms with E-state index in [1.807, 2.05) is 0 Å². The summed E-state index contributed by atoms with van der Waals surface area (Å²) in [4.78, 5) is 11.6. The molecular weight excluding hydrogens is 399 g/mol. The first kappa shape index (κ1) is 22.8. The summed E-state index contributed by atoms with van der Waals surface area (Å²) < 4.78 is 52.2. The standard InChI is InChI=1S/C20H25FN2O5S/c1-4-22(13-14-27-2)29(25,26)23(19-11-9-18(21)10-12-19)15-16-5-7-17(8-6-16)20(24)28-3/h5-12H,4,13-15H2,1-3H3. The maximum atomic E-state index is 13.4. The Kier molecular flexibility index (Phi) is 8.12. The van der Waals surface area contributed by atoms with Gasteiger partial charge in [0.05, 0.1) is 31.5 Å². The second kappa shape index (κ2) is 10.3. The summed E-state index contributed by atoms with van der Waals surface area (Å²) >= 11 is 0. The zero-order valence-electron chi connectivity index (χ0n) is 16.7. The van der Waals surface area contributed by atoms with Gasteiger partial charge in [0.25, 0.3) is 0 Å². The average Bonchev–Trinajstić information content (AvgIpc) is 2.73. The van der Waals surface area contributed by atoms with E-state index in [0.717, 1.165) is 0 Å². The molecule has 0 bridgehead atoms. The molecule has 0 fully saturated rings. The van der Waals surface area contributed by atoms with Gasteiger partial charge in [-0.2, -0.15) is 12.7 Å². The third kappa shape index (κ3) is 5.75. The van der Waals surface area contributed by atoms with E-state index < -0.39 is 22.0 Å². The average molecular weight is 424 g/mol. The normalized spacial score (nSPS) is 11.5. The Morgan fingerprint density at radius 2 is 1.66 bits per heavy atom. The quantitative estimate of drug-likeness (QED) is 0.548. The molecule has 0 aliphatic rings. The SMILES string of the molecule is CCN(CCOC)S(=O)(=O)N(Cc1ccc(C(=O)OC)cc1)c1ccc(F)cc1. The number of esters is 1. The van der Waals surface area contributed by atoms with Crippen molar-refractivity contribution in [3.05, 3.63) is 65.5 Å². The van der Waals surface area contributed by atoms with Crippen molar-refractivity contribution in [1.82, 2.24) is 4.31 Å². The van der Waals surface area contributed by atoms with E-state index >= 15 is 0 Å². The monoisotopic (exact) mass is 424 g/mol. The molecule has 0 unspecified atom stereocenters. The molecule has 0 saturated heterocycles. The highest BCUT2D eigenvalue weighted by molar-refractivity contribution is 7.90. The summed E-state index contributed by atoms with van der Waals surface area (Å²) in [6.45, 7) is 2.44. The van der Waals surface area contributed by atoms with Crippen molar-refractivity contribution in [2.24, 2.45) is 0 Å². The summed E-state index contributed by atoms with van der Waals surface area (Å²) in [5.74, 6) is -0.934. The number of likely N-dealkylation sites (N-methyl/N-ethyl adjacent to an activating group) is 1. The van der Waals surface area contributed by atoms with Crippen molar-refractivity contribution in [3.8, 4) is 0 Å². The van der Waals surface area contributed by atoms with E-state index in [0.29, 0.717) is 16.8 Å². The predicted molar refractivity (Wildman–Crippen MR) is 108 cm³/mol. The Hall–Kier alpha value is -2.49. The molecule has 2 aromatic carbocycles. The minimum Gasteiger partial charge on any atom is -0.465 e. The molecule has 0 heterocycles. The van der Waals surface area contributed by atoms with Crippen LogP contribution < -0.4 is 4.31 Å². The maximum absolute atomic E-state index is 13.4. The Morgan fingerprint density at radius 3 is 2.17 bits per heavy atom. The van der Waals surface area contributed by atoms with Crippen molar-refractivity contribution in [2.45, 2.75) is 13.5 Å². The molecule has 2 rings (SSSR count). The van der Waals surface area contributed by atoms with E-state index in [4.69, 9.17) is 4.74 Å². The van der Waals surface area contributed by atoms with E-state index in [1.54, 1.807) is 31.2 Å². The molecule has 0 radical (unpaired) electrons. The number of benzene rings is 2. The van der Waals surface area contributed by atoms with Crippen molar-refractivity contribution < 1.29 is 27.1 Å². The van der Waals surface area contributed by atoms with Gasteiger partial charge in [0.2, 0.25) is 0 Å². The lowest BCUT2D eigenvalue weighted by molar-refractivity contribution is 0.0600. The summed E-state index contributed by atoms with van der Waals surface area (Å²) in [6, 6.07) is 11.7. The van der Waals surface area contributed by atoms with Gasteiger partial charge in [0.15, 0.2) is 0 Å². The number of hydrogen-bond donors (Lipinski definition) is 0. The van der Waals surface area contributed by atoms with Gasteiger partial charge in [0, 0.05) is 20.2 Å². The maximum Gasteiger partial charge on any atom is 0.337 e. The number of halogens is 1. The van der Waals surface area contributed by atoms with Crippen LogP contribution in [0.5, 0.6) is 0 Å². The van der Waals surface area contributed by atoms with Crippen LogP contribution in [-0.4, -0.2) is 52.6 Å². The molecule has 0 amide bonds. The van der Waals surface area contributed by atoms with Gasteiger partial charge >= 0.3 is 16.2 Å². The third-order valence-corrected chi connectivity index (χ3v) is 6.31. The van der Waals surface area contributed by atoms with Crippen LogP contribution in [0.3, 0.4) is 0 Å². The molecule has 0 atom stereocenters. The molecule has 7 nitrogen and oxygen atoms in total. The molecule has 0 spiro atoms. The minimum atomic E-state index is -3.91. The number of rotatable bonds is 10. The highest BCUT2D eigenvalue weighted by Gasteiger charge is 2.29. The van der Waals surface area contributed by atoms with Crippen LogP contribution in [0.15, 0.2) is 48.5 Å². The van der Waals surface area contributed by atoms with Crippen LogP contribution >= 0.6 is 0 Å². The third-order valence-electron chi connectivity index (χ3n) is 4.32. The number of anilines is 1. The lowest BCUT2D eigenvalue weighted by Gasteiger charge is -2.31. The van der Waals surface area contributed by atoms with Crippen molar-refractivity contribution in [3.63, 3.8) is 0 Å². The van der Waals surface area contributed by atoms with E-state index in [1.165, 1.54) is 47.1 Å². The lowest BCUT2D eigenvalue weighted by Crippen LogP contribution is -2.45. The second-order valence-corrected chi connectivity index (χ2v) is 8.02. The van der Waals surface area contributed by atoms with Crippen LogP contribution in [-0.2, 0) is 26.2 Å². The lowest BCUT2D eigenvalue weighted by atomic mass is 10.1. The fraction of sp³-hybridized carbons (Fsp3) is 0.350. The molecule has 29 heavy (non-hydrogen) atoms. The summed E-state index contributed by atoms with van der Waals surface area (Å²) in [6.07, 6.45) is 0. The van der Waals surface area contributed by atoms with Crippen LogP contribution in [0.25, 0.3) is 0 Å². The number of carbonyl (C=O) groups is 1. The van der Waals surface area contributed by atoms with Gasteiger partial charge in [-0.25, -0.2) is 9.18 Å². The van der Waals surface area contributed by atoms with Crippen molar-refractivity contribution >= 4 is 21.9 Å². The molecule has 0 aliphatic heterocycles. The van der Waals surface area contributed by atoms with Crippen LogP contribution in [0, 0.1) is 5.82 Å². The van der Waals surface area contributed by atoms with Gasteiger partial charge in [-0.15, -0.1) is 0 Å². The molecule has 0 saturated carbocycles. The van der Waals surface area contributed by atoms with Gasteiger partial charge in [-0.1, -0.05) is 19.1 Å². The first-order valence-corrected chi connectivity index (χ1v) is 10.4. The van der Waals surface area contributed by atoms with Crippen molar-refractivity contribution in [2.75, 3.05) is 38.2 Å². The van der Waals surface area contributed by atoms with Gasteiger partial charge in [0.1, 0.15) is 5.82 Å². The summed E-state index contributed by atoms with van der Waals surface area (Å²) in [5, 5.41) is 0. The van der Waals surface area contributed by atoms with Gasteiger partial charge < -0.3 is 9.47 Å². The Labute approximate surface area is 170 Å². The molecule has 158 valence electrons. The minimum absolute atomic E-state index is 0.0128. The highest BCUT2D eigenvalue weighted by Crippen LogP contribution is 2.24. The molecule has 0 N–H and O–H groups in total. The van der Waals surface area contributed by atoms with Gasteiger partial charge in [-0.05, 0) is 42.0 Å². The molecule has 2 aromatic rings. The van der Waals surface area contributed by atoms with Gasteiger partial charge in [-0.3, -0.25) is 4.31 Å². The fourth-order valence-electron chi connectivity index (χ4n) is 2.71. The Morgan fingerprint density at radius 1 is 1.03 bits per heavy atom. The zero-order valence-corrected chi connectivity index (χ0v) is 17.5. The molecule has 9 heteroatoms. The molecule has 0 aromatic heterocycles. The van der Waals surface area contributed by atoms with E-state index in [-0.39, 0.29) is 26.2 Å². The largest absolute Gasteiger partial charge is 0.465 e. The number of carbonyl (C=O) groups excluding carboxylic acids is 1. The number of methoxy groups -OCH3 is 2. The first-order valence-electron chi connectivity index (χ1n) is 9.03. The van der Waals surface area contributed by atoms with Crippen LogP contribution in [0.2, 0.25) is 0 Å². The number of ether oxygens (including phenoxy) is 2. The van der Waals surface area contributed by atoms with Crippen molar-refractivity contribution in [1.29, 1.82) is 0 Å². The number of nitrogens with zero attached hydrogens (tertiary/aromatic N) is 2. The zero-order chi connectivity index (χ0) is 21.4. The predicted octanol–water partition coefficient (Wildman–Crippen LogP) is 2.83. The number of hydrogen-bond acceptors (Lipinski definition) is 5. The highest BCUT2D eigenvalue weighted by atomic mass is 32.2. The Bertz CT molecular complexity index is 901. The topological polar surface area (TPSA) is 76.2 Å².